The molecule has 128 valence electrons. The Morgan fingerprint density at radius 3 is 2.76 bits per heavy atom. The number of benzene rings is 1. The molecule has 0 fully saturated rings. The fourth-order valence-corrected chi connectivity index (χ4v) is 2.51. The first-order valence-electron chi connectivity index (χ1n) is 7.79. The minimum absolute atomic E-state index is 0.0911. The average molecular weight is 359 g/mol. The second kappa shape index (κ2) is 7.44. The van der Waals surface area contributed by atoms with Gasteiger partial charge in [-0.1, -0.05) is 24.6 Å². The summed E-state index contributed by atoms with van der Waals surface area (Å²) < 4.78 is 13.2. The summed E-state index contributed by atoms with van der Waals surface area (Å²) >= 11 is 5.77. The van der Waals surface area contributed by atoms with E-state index in [-0.39, 0.29) is 10.6 Å². The first kappa shape index (κ1) is 17.1. The summed E-state index contributed by atoms with van der Waals surface area (Å²) in [5.41, 5.74) is 2.12. The van der Waals surface area contributed by atoms with Gasteiger partial charge in [-0.25, -0.2) is 14.4 Å². The third kappa shape index (κ3) is 4.22. The normalized spacial score (nSPS) is 10.7. The SMILES string of the molecule is CCc1cc(=O)[nH]c(-c2ccc(NCc3ccc(F)c(Cl)c3)nc2)n1. The molecule has 0 spiro atoms. The van der Waals surface area contributed by atoms with Crippen molar-refractivity contribution in [2.75, 3.05) is 5.32 Å². The maximum atomic E-state index is 13.2. The Balaban J connectivity index is 1.73. The third-order valence-electron chi connectivity index (χ3n) is 3.65. The summed E-state index contributed by atoms with van der Waals surface area (Å²) in [6.45, 7) is 2.41. The van der Waals surface area contributed by atoms with Gasteiger partial charge in [-0.3, -0.25) is 4.79 Å². The van der Waals surface area contributed by atoms with Gasteiger partial charge in [-0.05, 0) is 36.2 Å². The van der Waals surface area contributed by atoms with Gasteiger partial charge in [0.05, 0.1) is 5.02 Å². The number of halogens is 2. The molecule has 0 saturated heterocycles. The van der Waals surface area contributed by atoms with Crippen LogP contribution in [0, 0.1) is 5.82 Å². The number of nitrogens with zero attached hydrogens (tertiary/aromatic N) is 2. The number of nitrogens with one attached hydrogen (secondary N) is 2. The van der Waals surface area contributed by atoms with E-state index >= 15 is 0 Å². The van der Waals surface area contributed by atoms with Gasteiger partial charge < -0.3 is 10.3 Å². The van der Waals surface area contributed by atoms with Crippen LogP contribution in [0.1, 0.15) is 18.2 Å². The monoisotopic (exact) mass is 358 g/mol. The molecule has 0 aliphatic carbocycles. The number of aromatic nitrogens is 3. The molecule has 0 saturated carbocycles. The Labute approximate surface area is 148 Å². The predicted octanol–water partition coefficient (Wildman–Crippen LogP) is 3.80. The lowest BCUT2D eigenvalue weighted by Crippen LogP contribution is -2.10. The summed E-state index contributed by atoms with van der Waals surface area (Å²) in [5, 5.41) is 3.23. The van der Waals surface area contributed by atoms with Crippen LogP contribution in [0.4, 0.5) is 10.2 Å². The highest BCUT2D eigenvalue weighted by Gasteiger charge is 2.05. The van der Waals surface area contributed by atoms with Crippen molar-refractivity contribution in [2.24, 2.45) is 0 Å². The van der Waals surface area contributed by atoms with Crippen LogP contribution in [-0.2, 0) is 13.0 Å². The highest BCUT2D eigenvalue weighted by Crippen LogP contribution is 2.18. The van der Waals surface area contributed by atoms with Gasteiger partial charge in [-0.2, -0.15) is 0 Å². The van der Waals surface area contributed by atoms with Crippen molar-refractivity contribution in [3.8, 4) is 11.4 Å². The Morgan fingerprint density at radius 2 is 2.08 bits per heavy atom. The van der Waals surface area contributed by atoms with Crippen molar-refractivity contribution in [3.05, 3.63) is 75.0 Å². The first-order valence-corrected chi connectivity index (χ1v) is 8.17. The molecule has 0 aliphatic rings. The lowest BCUT2D eigenvalue weighted by Gasteiger charge is -2.08. The molecule has 1 aromatic carbocycles. The summed E-state index contributed by atoms with van der Waals surface area (Å²) in [6.07, 6.45) is 2.32. The van der Waals surface area contributed by atoms with Crippen LogP contribution in [0.3, 0.4) is 0 Å². The zero-order chi connectivity index (χ0) is 17.8. The van der Waals surface area contributed by atoms with Gasteiger partial charge in [0.1, 0.15) is 17.5 Å². The highest BCUT2D eigenvalue weighted by molar-refractivity contribution is 6.30. The number of H-pyrrole nitrogens is 1. The van der Waals surface area contributed by atoms with Crippen molar-refractivity contribution in [3.63, 3.8) is 0 Å². The molecule has 2 aromatic heterocycles. The van der Waals surface area contributed by atoms with E-state index in [1.165, 1.54) is 12.1 Å². The van der Waals surface area contributed by atoms with Gasteiger partial charge in [0, 0.05) is 30.1 Å². The van der Waals surface area contributed by atoms with Gasteiger partial charge >= 0.3 is 0 Å². The van der Waals surface area contributed by atoms with Crippen LogP contribution in [-0.4, -0.2) is 15.0 Å². The molecule has 5 nitrogen and oxygen atoms in total. The van der Waals surface area contributed by atoms with E-state index in [0.29, 0.717) is 24.6 Å². The van der Waals surface area contributed by atoms with Crippen molar-refractivity contribution in [2.45, 2.75) is 19.9 Å². The summed E-state index contributed by atoms with van der Waals surface area (Å²) in [7, 11) is 0. The van der Waals surface area contributed by atoms with Crippen molar-refractivity contribution in [1.82, 2.24) is 15.0 Å². The number of hydrogen-bond acceptors (Lipinski definition) is 4. The van der Waals surface area contributed by atoms with E-state index < -0.39 is 5.82 Å². The molecular formula is C18H16ClFN4O. The summed E-state index contributed by atoms with van der Waals surface area (Å²) in [5.74, 6) is 0.704. The minimum atomic E-state index is -0.441. The topological polar surface area (TPSA) is 70.7 Å². The Hall–Kier alpha value is -2.73. The first-order chi connectivity index (χ1) is 12.0. The minimum Gasteiger partial charge on any atom is -0.366 e. The fraction of sp³-hybridized carbons (Fsp3) is 0.167. The summed E-state index contributed by atoms with van der Waals surface area (Å²) in [6, 6.07) is 9.67. The molecule has 0 unspecified atom stereocenters. The van der Waals surface area contributed by atoms with E-state index in [1.54, 1.807) is 24.4 Å². The van der Waals surface area contributed by atoms with Crippen molar-refractivity contribution < 1.29 is 4.39 Å². The average Bonchev–Trinajstić information content (AvgIpc) is 2.62. The molecule has 25 heavy (non-hydrogen) atoms. The molecule has 0 aliphatic heterocycles. The van der Waals surface area contributed by atoms with Crippen LogP contribution in [0.25, 0.3) is 11.4 Å². The standard InChI is InChI=1S/C18H16ClFN4O/c1-2-13-8-17(25)24-18(23-13)12-4-6-16(22-10-12)21-9-11-3-5-15(20)14(19)7-11/h3-8,10H,2,9H2,1H3,(H,21,22)(H,23,24,25). The second-order valence-electron chi connectivity index (χ2n) is 5.47. The molecular weight excluding hydrogens is 343 g/mol. The zero-order valence-corrected chi connectivity index (χ0v) is 14.3. The number of hydrogen-bond donors (Lipinski definition) is 2. The Morgan fingerprint density at radius 1 is 1.24 bits per heavy atom. The van der Waals surface area contributed by atoms with E-state index in [4.69, 9.17) is 11.6 Å². The number of aryl methyl sites for hydroxylation is 1. The van der Waals surface area contributed by atoms with Crippen LogP contribution >= 0.6 is 11.6 Å². The number of pyridine rings is 1. The van der Waals surface area contributed by atoms with Crippen molar-refractivity contribution >= 4 is 17.4 Å². The molecule has 2 heterocycles. The van der Waals surface area contributed by atoms with E-state index in [1.807, 2.05) is 13.0 Å². The molecule has 0 amide bonds. The third-order valence-corrected chi connectivity index (χ3v) is 3.94. The predicted molar refractivity (Wildman–Crippen MR) is 96.2 cm³/mol. The second-order valence-corrected chi connectivity index (χ2v) is 5.88. The fourth-order valence-electron chi connectivity index (χ4n) is 2.31. The molecule has 0 atom stereocenters. The van der Waals surface area contributed by atoms with Crippen LogP contribution in [0.2, 0.25) is 5.02 Å². The van der Waals surface area contributed by atoms with Crippen LogP contribution in [0.15, 0.2) is 47.4 Å². The van der Waals surface area contributed by atoms with Gasteiger partial charge in [0.15, 0.2) is 0 Å². The van der Waals surface area contributed by atoms with Crippen LogP contribution in [0.5, 0.6) is 0 Å². The molecule has 3 rings (SSSR count). The van der Waals surface area contributed by atoms with Crippen molar-refractivity contribution in [1.29, 1.82) is 0 Å². The van der Waals surface area contributed by atoms with E-state index in [0.717, 1.165) is 16.8 Å². The van der Waals surface area contributed by atoms with Gasteiger partial charge in [0.25, 0.3) is 5.56 Å². The van der Waals surface area contributed by atoms with E-state index in [9.17, 15) is 9.18 Å². The molecule has 0 radical (unpaired) electrons. The Bertz CT molecular complexity index is 941. The molecule has 0 bridgehead atoms. The number of rotatable bonds is 5. The quantitative estimate of drug-likeness (QED) is 0.727. The molecule has 2 N–H and O–H groups in total. The number of anilines is 1. The largest absolute Gasteiger partial charge is 0.366 e. The lowest BCUT2D eigenvalue weighted by molar-refractivity contribution is 0.627. The van der Waals surface area contributed by atoms with Crippen LogP contribution < -0.4 is 10.9 Å². The number of aromatic amines is 1. The highest BCUT2D eigenvalue weighted by atomic mass is 35.5. The maximum Gasteiger partial charge on any atom is 0.251 e. The summed E-state index contributed by atoms with van der Waals surface area (Å²) in [4.78, 5) is 23.1. The Kier molecular flexibility index (Phi) is 5.09. The van der Waals surface area contributed by atoms with Gasteiger partial charge in [0.2, 0.25) is 0 Å². The van der Waals surface area contributed by atoms with Gasteiger partial charge in [-0.15, -0.1) is 0 Å². The zero-order valence-electron chi connectivity index (χ0n) is 13.5. The smallest absolute Gasteiger partial charge is 0.251 e. The van der Waals surface area contributed by atoms with E-state index in [2.05, 4.69) is 20.3 Å². The molecule has 3 aromatic rings. The lowest BCUT2D eigenvalue weighted by atomic mass is 10.2. The molecule has 7 heteroatoms. The maximum absolute atomic E-state index is 13.2.